The predicted molar refractivity (Wildman–Crippen MR) is 157 cm³/mol. The van der Waals surface area contributed by atoms with Gasteiger partial charge >= 0.3 is 0 Å². The van der Waals surface area contributed by atoms with Crippen molar-refractivity contribution >= 4 is 46.0 Å². The Kier molecular flexibility index (Phi) is 5.55. The quantitative estimate of drug-likeness (QED) is 0.294. The maximum Gasteiger partial charge on any atom is 0.238 e. The number of carbonyl (C=O) groups excluding carboxylic acids is 3. The van der Waals surface area contributed by atoms with E-state index in [0.29, 0.717) is 21.8 Å². The summed E-state index contributed by atoms with van der Waals surface area (Å²) in [5.74, 6) is -1.74. The lowest BCUT2D eigenvalue weighted by atomic mass is 9.64. The van der Waals surface area contributed by atoms with Gasteiger partial charge in [0, 0.05) is 33.1 Å². The van der Waals surface area contributed by atoms with Gasteiger partial charge in [-0.15, -0.1) is 0 Å². The van der Waals surface area contributed by atoms with E-state index in [1.54, 1.807) is 48.5 Å². The largest absolute Gasteiger partial charge is 0.352 e. The number of allylic oxidation sites excluding steroid dienone is 1. The number of rotatable bonds is 4. The number of carbonyl (C=O) groups is 3. The molecule has 6 heteroatoms. The van der Waals surface area contributed by atoms with E-state index < -0.39 is 23.4 Å². The Morgan fingerprint density at radius 2 is 1.45 bits per heavy atom. The van der Waals surface area contributed by atoms with Crippen molar-refractivity contribution in [3.63, 3.8) is 0 Å². The van der Waals surface area contributed by atoms with Gasteiger partial charge in [0.15, 0.2) is 11.6 Å². The van der Waals surface area contributed by atoms with Gasteiger partial charge in [0.1, 0.15) is 11.5 Å². The predicted octanol–water partition coefficient (Wildman–Crippen LogP) is 6.59. The monoisotopic (exact) mass is 544 g/mol. The van der Waals surface area contributed by atoms with Gasteiger partial charge in [-0.05, 0) is 54.5 Å². The molecule has 7 rings (SSSR count). The smallest absolute Gasteiger partial charge is 0.238 e. The van der Waals surface area contributed by atoms with Gasteiger partial charge < -0.3 is 10.2 Å². The number of hydrogen-bond donors (Lipinski definition) is 1. The molecule has 1 saturated heterocycles. The van der Waals surface area contributed by atoms with Crippen molar-refractivity contribution in [1.29, 1.82) is 0 Å². The molecule has 4 aromatic carbocycles. The number of nitrogens with zero attached hydrogens (tertiary/aromatic N) is 1. The highest BCUT2D eigenvalue weighted by atomic mass is 35.5. The number of benzene rings is 4. The van der Waals surface area contributed by atoms with E-state index in [1.165, 1.54) is 0 Å². The third-order valence-electron chi connectivity index (χ3n) is 8.62. The molecular weight excluding hydrogens is 520 g/mol. The fourth-order valence-electron chi connectivity index (χ4n) is 6.95. The second kappa shape index (κ2) is 9.04. The van der Waals surface area contributed by atoms with Crippen LogP contribution in [-0.4, -0.2) is 29.6 Å². The number of anilines is 2. The van der Waals surface area contributed by atoms with E-state index in [-0.39, 0.29) is 17.5 Å². The molecule has 0 radical (unpaired) electrons. The molecule has 1 N–H and O–H groups in total. The summed E-state index contributed by atoms with van der Waals surface area (Å²) in [6.07, 6.45) is 2.06. The Bertz CT molecular complexity index is 1730. The number of fused-ring (bicyclic) bond motifs is 6. The van der Waals surface area contributed by atoms with Crippen LogP contribution in [0.4, 0.5) is 11.4 Å². The van der Waals surface area contributed by atoms with Crippen molar-refractivity contribution in [2.24, 2.45) is 5.92 Å². The number of para-hydroxylation sites is 2. The molecule has 40 heavy (non-hydrogen) atoms. The molecule has 5 nitrogen and oxygen atoms in total. The van der Waals surface area contributed by atoms with Gasteiger partial charge in [0.2, 0.25) is 5.91 Å². The van der Waals surface area contributed by atoms with Crippen LogP contribution in [-0.2, 0) is 10.2 Å². The first-order valence-electron chi connectivity index (χ1n) is 13.3. The summed E-state index contributed by atoms with van der Waals surface area (Å²) in [5.41, 5.74) is 3.78. The fourth-order valence-corrected chi connectivity index (χ4v) is 7.08. The first-order chi connectivity index (χ1) is 19.4. The third-order valence-corrected chi connectivity index (χ3v) is 8.87. The summed E-state index contributed by atoms with van der Waals surface area (Å²) in [6, 6.07) is 29.6. The van der Waals surface area contributed by atoms with Crippen molar-refractivity contribution in [3.8, 4) is 0 Å². The van der Waals surface area contributed by atoms with E-state index in [2.05, 4.69) is 11.4 Å². The maximum atomic E-state index is 14.7. The molecule has 4 atom stereocenters. The van der Waals surface area contributed by atoms with Crippen molar-refractivity contribution < 1.29 is 14.4 Å². The minimum atomic E-state index is -1.33. The Morgan fingerprint density at radius 3 is 2.23 bits per heavy atom. The van der Waals surface area contributed by atoms with Crippen LogP contribution in [0.1, 0.15) is 38.8 Å². The second-order valence-corrected chi connectivity index (χ2v) is 11.0. The number of ketones is 2. The molecule has 1 spiro atoms. The van der Waals surface area contributed by atoms with Crippen molar-refractivity contribution in [2.45, 2.75) is 24.4 Å². The molecule has 1 fully saturated rings. The third kappa shape index (κ3) is 3.31. The summed E-state index contributed by atoms with van der Waals surface area (Å²) in [6.45, 7) is 2.02. The zero-order chi connectivity index (χ0) is 27.6. The van der Waals surface area contributed by atoms with Crippen LogP contribution in [0.3, 0.4) is 0 Å². The second-order valence-electron chi connectivity index (χ2n) is 10.6. The van der Waals surface area contributed by atoms with Crippen LogP contribution in [0, 0.1) is 5.92 Å². The number of halogens is 1. The topological polar surface area (TPSA) is 66.5 Å². The van der Waals surface area contributed by atoms with Crippen LogP contribution in [0.2, 0.25) is 5.02 Å². The zero-order valence-electron chi connectivity index (χ0n) is 21.7. The average molecular weight is 545 g/mol. The molecule has 3 heterocycles. The van der Waals surface area contributed by atoms with Crippen molar-refractivity contribution in [1.82, 2.24) is 0 Å². The maximum absolute atomic E-state index is 14.7. The van der Waals surface area contributed by atoms with Crippen LogP contribution >= 0.6 is 11.6 Å². The van der Waals surface area contributed by atoms with Gasteiger partial charge in [-0.1, -0.05) is 84.4 Å². The molecule has 0 saturated carbocycles. The van der Waals surface area contributed by atoms with E-state index in [0.717, 1.165) is 22.4 Å². The average Bonchev–Trinajstić information content (AvgIpc) is 3.45. The molecule has 0 aromatic heterocycles. The summed E-state index contributed by atoms with van der Waals surface area (Å²) in [4.78, 5) is 45.7. The first-order valence-corrected chi connectivity index (χ1v) is 13.7. The van der Waals surface area contributed by atoms with E-state index >= 15 is 0 Å². The Balaban J connectivity index is 1.56. The van der Waals surface area contributed by atoms with Gasteiger partial charge in [0.25, 0.3) is 0 Å². The fraction of sp³-hybridized carbons (Fsp3) is 0.147. The van der Waals surface area contributed by atoms with Crippen LogP contribution in [0.25, 0.3) is 5.57 Å². The van der Waals surface area contributed by atoms with Gasteiger partial charge in [-0.25, -0.2) is 0 Å². The van der Waals surface area contributed by atoms with Gasteiger partial charge in [0.05, 0.1) is 12.0 Å². The molecule has 3 aliphatic heterocycles. The Labute approximate surface area is 237 Å². The number of Topliss-reactive ketones (excluding diaryl/α,β-unsaturated/α-hetero) is 2. The highest BCUT2D eigenvalue weighted by Crippen LogP contribution is 2.58. The van der Waals surface area contributed by atoms with Crippen LogP contribution in [0.15, 0.2) is 109 Å². The highest BCUT2D eigenvalue weighted by molar-refractivity contribution is 6.30. The Hall–Kier alpha value is -4.48. The lowest BCUT2D eigenvalue weighted by Gasteiger charge is -2.39. The minimum absolute atomic E-state index is 0.229. The SMILES string of the molecule is CC1=C[C@@H]2N(c3ccccc31)[C@@H](C(=O)c1ccc(Cl)cc1)[C@@H](C(=O)c1ccccc1)[C@@]21C(=O)Nc2ccccc21. The number of amides is 1. The van der Waals surface area contributed by atoms with Crippen LogP contribution < -0.4 is 10.2 Å². The highest BCUT2D eigenvalue weighted by Gasteiger charge is 2.70. The number of nitrogens with one attached hydrogen (secondary N) is 1. The van der Waals surface area contributed by atoms with Crippen molar-refractivity contribution in [2.75, 3.05) is 10.2 Å². The van der Waals surface area contributed by atoms with E-state index in [9.17, 15) is 14.4 Å². The molecule has 0 bridgehead atoms. The van der Waals surface area contributed by atoms with Gasteiger partial charge in [-0.3, -0.25) is 14.4 Å². The molecule has 3 aliphatic rings. The summed E-state index contributed by atoms with van der Waals surface area (Å²) >= 11 is 6.17. The minimum Gasteiger partial charge on any atom is -0.352 e. The van der Waals surface area contributed by atoms with Crippen molar-refractivity contribution in [3.05, 3.63) is 136 Å². The number of hydrogen-bond acceptors (Lipinski definition) is 4. The summed E-state index contributed by atoms with van der Waals surface area (Å²) in [7, 11) is 0. The standard InChI is InChI=1S/C34H25ClN2O3/c1-20-19-28-34(25-12-6-7-13-26(25)36-33(34)40)29(31(38)21-9-3-2-4-10-21)30(32(39)22-15-17-23(35)18-16-22)37(28)27-14-8-5-11-24(20)27/h2-19,28-30H,1H3,(H,36,40)/t28-,29-,30+,34-/m0/s1. The van der Waals surface area contributed by atoms with E-state index in [4.69, 9.17) is 11.6 Å². The van der Waals surface area contributed by atoms with Gasteiger partial charge in [-0.2, -0.15) is 0 Å². The molecule has 1 amide bonds. The van der Waals surface area contributed by atoms with Crippen LogP contribution in [0.5, 0.6) is 0 Å². The molecule has 196 valence electrons. The molecule has 0 unspecified atom stereocenters. The molecule has 0 aliphatic carbocycles. The summed E-state index contributed by atoms with van der Waals surface area (Å²) < 4.78 is 0. The lowest BCUT2D eigenvalue weighted by Crippen LogP contribution is -2.51. The normalized spacial score (nSPS) is 24.1. The van der Waals surface area contributed by atoms with E-state index in [1.807, 2.05) is 66.4 Å². The molecular formula is C34H25ClN2O3. The first kappa shape index (κ1) is 24.6. The molecule has 4 aromatic rings. The Morgan fingerprint density at radius 1 is 0.800 bits per heavy atom. The summed E-state index contributed by atoms with van der Waals surface area (Å²) in [5, 5.41) is 3.58. The zero-order valence-corrected chi connectivity index (χ0v) is 22.4. The lowest BCUT2D eigenvalue weighted by molar-refractivity contribution is -0.121.